The zero-order chi connectivity index (χ0) is 12.7. The lowest BCUT2D eigenvalue weighted by Crippen LogP contribution is -2.07. The molecule has 2 nitrogen and oxygen atoms in total. The van der Waals surface area contributed by atoms with Gasteiger partial charge in [0.1, 0.15) is 0 Å². The van der Waals surface area contributed by atoms with Crippen molar-refractivity contribution < 1.29 is 9.53 Å². The molecule has 0 N–H and O–H groups in total. The molecule has 0 amide bonds. The number of carbonyl (C=O) groups is 1. The molecule has 0 radical (unpaired) electrons. The van der Waals surface area contributed by atoms with Crippen molar-refractivity contribution in [1.82, 2.24) is 0 Å². The molecule has 0 spiro atoms. The maximum Gasteiger partial charge on any atom is 0.307 e. The van der Waals surface area contributed by atoms with E-state index < -0.39 is 0 Å². The second kappa shape index (κ2) is 6.75. The maximum atomic E-state index is 11.3. The van der Waals surface area contributed by atoms with Gasteiger partial charge in [-0.25, -0.2) is 0 Å². The molecule has 17 heavy (non-hydrogen) atoms. The molecule has 0 aliphatic rings. The molecule has 1 aromatic rings. The fourth-order valence-corrected chi connectivity index (χ4v) is 1.66. The molecule has 0 aromatic heterocycles. The molecule has 90 valence electrons. The molecule has 0 aliphatic heterocycles. The predicted molar refractivity (Wildman–Crippen MR) is 68.6 cm³/mol. The van der Waals surface area contributed by atoms with Crippen molar-refractivity contribution in [3.63, 3.8) is 0 Å². The summed E-state index contributed by atoms with van der Waals surface area (Å²) in [5, 5.41) is 0. The Morgan fingerprint density at radius 2 is 2.00 bits per heavy atom. The van der Waals surface area contributed by atoms with Crippen LogP contribution in [0, 0.1) is 11.8 Å². The van der Waals surface area contributed by atoms with Gasteiger partial charge < -0.3 is 4.74 Å². The van der Waals surface area contributed by atoms with Gasteiger partial charge in [0.05, 0.1) is 19.4 Å². The van der Waals surface area contributed by atoms with Crippen molar-refractivity contribution in [2.24, 2.45) is 0 Å². The van der Waals surface area contributed by atoms with Gasteiger partial charge in [-0.05, 0) is 24.5 Å². The van der Waals surface area contributed by atoms with Crippen molar-refractivity contribution in [2.45, 2.75) is 32.6 Å². The second-order valence-corrected chi connectivity index (χ2v) is 3.82. The summed E-state index contributed by atoms with van der Waals surface area (Å²) in [7, 11) is 1.40. The van der Waals surface area contributed by atoms with Gasteiger partial charge in [0.15, 0.2) is 0 Å². The Morgan fingerprint density at radius 3 is 2.47 bits per heavy atom. The van der Waals surface area contributed by atoms with Gasteiger partial charge in [0.2, 0.25) is 0 Å². The van der Waals surface area contributed by atoms with Gasteiger partial charge in [0, 0.05) is 0 Å². The van der Waals surface area contributed by atoms with E-state index in [-0.39, 0.29) is 11.9 Å². The van der Waals surface area contributed by atoms with Gasteiger partial charge in [0.25, 0.3) is 0 Å². The van der Waals surface area contributed by atoms with Crippen molar-refractivity contribution >= 4 is 5.97 Å². The van der Waals surface area contributed by atoms with Crippen LogP contribution in [-0.4, -0.2) is 13.1 Å². The maximum absolute atomic E-state index is 11.3. The third kappa shape index (κ3) is 3.96. The quantitative estimate of drug-likeness (QED) is 0.587. The molecule has 0 saturated heterocycles. The summed E-state index contributed by atoms with van der Waals surface area (Å²) in [5.41, 5.74) is 2.36. The largest absolute Gasteiger partial charge is 0.469 e. The summed E-state index contributed by atoms with van der Waals surface area (Å²) in [6, 6.07) is 8.24. The summed E-state index contributed by atoms with van der Waals surface area (Å²) >= 11 is 0. The van der Waals surface area contributed by atoms with Crippen molar-refractivity contribution in [1.29, 1.82) is 0 Å². The van der Waals surface area contributed by atoms with Crippen LogP contribution in [0.4, 0.5) is 0 Å². The highest BCUT2D eigenvalue weighted by Gasteiger charge is 2.13. The molecule has 1 rings (SSSR count). The number of methoxy groups -OCH3 is 1. The Morgan fingerprint density at radius 1 is 1.35 bits per heavy atom. The highest BCUT2D eigenvalue weighted by Crippen LogP contribution is 2.20. The molecule has 0 aliphatic carbocycles. The van der Waals surface area contributed by atoms with Gasteiger partial charge >= 0.3 is 5.97 Å². The third-order valence-electron chi connectivity index (χ3n) is 2.71. The lowest BCUT2D eigenvalue weighted by atomic mass is 9.95. The van der Waals surface area contributed by atoms with E-state index in [9.17, 15) is 4.79 Å². The first kappa shape index (κ1) is 13.3. The number of rotatable bonds is 4. The zero-order valence-electron chi connectivity index (χ0n) is 10.6. The highest BCUT2D eigenvalue weighted by molar-refractivity contribution is 5.71. The topological polar surface area (TPSA) is 26.3 Å². The molecular formula is C15H18O2. The van der Waals surface area contributed by atoms with Crippen LogP contribution < -0.4 is 0 Å². The molecular weight excluding hydrogens is 212 g/mol. The third-order valence-corrected chi connectivity index (χ3v) is 2.71. The first-order valence-corrected chi connectivity index (χ1v) is 5.79. The summed E-state index contributed by atoms with van der Waals surface area (Å²) in [6.07, 6.45) is 1.32. The smallest absolute Gasteiger partial charge is 0.307 e. The van der Waals surface area contributed by atoms with E-state index >= 15 is 0 Å². The van der Waals surface area contributed by atoms with Crippen LogP contribution in [0.25, 0.3) is 0 Å². The van der Waals surface area contributed by atoms with Crippen molar-refractivity contribution in [2.75, 3.05) is 7.11 Å². The fraction of sp³-hybridized carbons (Fsp3) is 0.400. The monoisotopic (exact) mass is 230 g/mol. The van der Waals surface area contributed by atoms with E-state index in [4.69, 9.17) is 0 Å². The average molecular weight is 230 g/mol. The van der Waals surface area contributed by atoms with E-state index in [2.05, 4.69) is 35.6 Å². The number of ether oxygens (including phenoxy) is 1. The van der Waals surface area contributed by atoms with Crippen molar-refractivity contribution in [3.8, 4) is 11.8 Å². The number of esters is 1. The second-order valence-electron chi connectivity index (χ2n) is 3.82. The van der Waals surface area contributed by atoms with Gasteiger partial charge in [-0.15, -0.1) is 5.92 Å². The van der Waals surface area contributed by atoms with E-state index in [1.54, 1.807) is 6.92 Å². The van der Waals surface area contributed by atoms with Gasteiger partial charge in [-0.2, -0.15) is 0 Å². The minimum absolute atomic E-state index is 0.0710. The van der Waals surface area contributed by atoms with Crippen LogP contribution in [0.2, 0.25) is 0 Å². The van der Waals surface area contributed by atoms with E-state index in [0.717, 1.165) is 12.0 Å². The van der Waals surface area contributed by atoms with Gasteiger partial charge in [-0.1, -0.05) is 37.1 Å². The number of hydrogen-bond acceptors (Lipinski definition) is 2. The number of aryl methyl sites for hydroxylation is 1. The van der Waals surface area contributed by atoms with Crippen molar-refractivity contribution in [3.05, 3.63) is 35.4 Å². The summed E-state index contributed by atoms with van der Waals surface area (Å²) < 4.78 is 4.69. The Balaban J connectivity index is 2.87. The lowest BCUT2D eigenvalue weighted by molar-refractivity contribution is -0.140. The molecule has 0 fully saturated rings. The Kier molecular flexibility index (Phi) is 5.29. The van der Waals surface area contributed by atoms with Gasteiger partial charge in [-0.3, -0.25) is 4.79 Å². The minimum atomic E-state index is -0.225. The lowest BCUT2D eigenvalue weighted by Gasteiger charge is -2.10. The molecule has 1 atom stereocenters. The van der Waals surface area contributed by atoms with Crippen LogP contribution in [0.3, 0.4) is 0 Å². The first-order chi connectivity index (χ1) is 8.21. The van der Waals surface area contributed by atoms with E-state index in [1.165, 1.54) is 12.7 Å². The molecule has 1 aromatic carbocycles. The van der Waals surface area contributed by atoms with Crippen LogP contribution in [0.1, 0.15) is 37.3 Å². The van der Waals surface area contributed by atoms with E-state index in [0.29, 0.717) is 6.42 Å². The molecule has 0 bridgehead atoms. The SMILES string of the molecule is CC#CC(CC(=O)OC)c1ccc(CC)cc1. The Labute approximate surface area is 103 Å². The normalized spacial score (nSPS) is 11.2. The predicted octanol–water partition coefficient (Wildman–Crippen LogP) is 2.92. The molecule has 0 heterocycles. The number of carbonyl (C=O) groups excluding carboxylic acids is 1. The van der Waals surface area contributed by atoms with Crippen LogP contribution >= 0.6 is 0 Å². The summed E-state index contributed by atoms with van der Waals surface area (Å²) in [6.45, 7) is 3.90. The average Bonchev–Trinajstić information content (AvgIpc) is 2.38. The molecule has 0 saturated carbocycles. The van der Waals surface area contributed by atoms with Crippen LogP contribution in [-0.2, 0) is 16.0 Å². The van der Waals surface area contributed by atoms with Crippen LogP contribution in [0.5, 0.6) is 0 Å². The van der Waals surface area contributed by atoms with E-state index in [1.807, 2.05) is 12.1 Å². The fourth-order valence-electron chi connectivity index (χ4n) is 1.66. The highest BCUT2D eigenvalue weighted by atomic mass is 16.5. The summed E-state index contributed by atoms with van der Waals surface area (Å²) in [4.78, 5) is 11.3. The summed E-state index contributed by atoms with van der Waals surface area (Å²) in [5.74, 6) is 5.62. The van der Waals surface area contributed by atoms with Crippen LogP contribution in [0.15, 0.2) is 24.3 Å². The Bertz CT molecular complexity index is 420. The zero-order valence-corrected chi connectivity index (χ0v) is 10.6. The molecule has 2 heteroatoms. The standard InChI is InChI=1S/C15H18O2/c1-4-6-14(11-15(16)17-3)13-9-7-12(5-2)8-10-13/h7-10,14H,5,11H2,1-3H3. The number of benzene rings is 1. The first-order valence-electron chi connectivity index (χ1n) is 5.79. The Hall–Kier alpha value is -1.75. The number of hydrogen-bond donors (Lipinski definition) is 0. The minimum Gasteiger partial charge on any atom is -0.469 e. The molecule has 1 unspecified atom stereocenters.